The van der Waals surface area contributed by atoms with E-state index in [1.54, 1.807) is 33.5 Å². The highest BCUT2D eigenvalue weighted by molar-refractivity contribution is 5.96. The Morgan fingerprint density at radius 3 is 2.38 bits per heavy atom. The summed E-state index contributed by atoms with van der Waals surface area (Å²) in [6.45, 7) is 8.47. The van der Waals surface area contributed by atoms with Crippen molar-refractivity contribution in [1.29, 1.82) is 0 Å². The fraction of sp³-hybridized carbons (Fsp3) is 0.486. The van der Waals surface area contributed by atoms with E-state index in [9.17, 15) is 4.79 Å². The lowest BCUT2D eigenvalue weighted by Crippen LogP contribution is -2.42. The summed E-state index contributed by atoms with van der Waals surface area (Å²) in [6.07, 6.45) is 7.66. The van der Waals surface area contributed by atoms with Crippen molar-refractivity contribution >= 4 is 22.9 Å². The van der Waals surface area contributed by atoms with Crippen molar-refractivity contribution in [2.75, 3.05) is 72.6 Å². The second-order valence-corrected chi connectivity index (χ2v) is 12.7. The Morgan fingerprint density at radius 2 is 1.69 bits per heavy atom. The van der Waals surface area contributed by atoms with Crippen LogP contribution in [0.15, 0.2) is 60.9 Å². The molecule has 0 saturated carbocycles. The molecule has 1 N–H and O–H groups in total. The van der Waals surface area contributed by atoms with Gasteiger partial charge in [0.15, 0.2) is 11.5 Å². The summed E-state index contributed by atoms with van der Waals surface area (Å²) in [6, 6.07) is 16.4. The van der Waals surface area contributed by atoms with Crippen LogP contribution in [0.1, 0.15) is 48.5 Å². The van der Waals surface area contributed by atoms with Crippen LogP contribution < -0.4 is 19.5 Å². The molecule has 2 aromatic carbocycles. The second kappa shape index (κ2) is 15.3. The van der Waals surface area contributed by atoms with Crippen LogP contribution in [-0.4, -0.2) is 104 Å². The van der Waals surface area contributed by atoms with Crippen LogP contribution in [-0.2, 0) is 16.7 Å². The number of rotatable bonds is 14. The molecule has 1 unspecified atom stereocenters. The zero-order valence-electron chi connectivity index (χ0n) is 28.6. The number of carbonyl (C=O) groups is 1. The van der Waals surface area contributed by atoms with Gasteiger partial charge >= 0.3 is 0 Å². The minimum atomic E-state index is -0.153. The van der Waals surface area contributed by atoms with Gasteiger partial charge in [-0.05, 0) is 81.1 Å². The Labute approximate surface area is 283 Å². The number of pyridine rings is 1. The first-order valence-corrected chi connectivity index (χ1v) is 17.0. The molecule has 4 aromatic rings. The molecule has 0 bridgehead atoms. The van der Waals surface area contributed by atoms with Gasteiger partial charge in [-0.1, -0.05) is 12.1 Å². The first kappa shape index (κ1) is 33.5. The zero-order chi connectivity index (χ0) is 33.5. The smallest absolute Gasteiger partial charge is 0.254 e. The molecule has 4 heterocycles. The predicted molar refractivity (Wildman–Crippen MR) is 186 cm³/mol. The highest BCUT2D eigenvalue weighted by atomic mass is 16.5. The monoisotopic (exact) mass is 656 g/mol. The van der Waals surface area contributed by atoms with Gasteiger partial charge in [-0.15, -0.1) is 0 Å². The van der Waals surface area contributed by atoms with E-state index < -0.39 is 0 Å². The number of aromatic nitrogens is 3. The second-order valence-electron chi connectivity index (χ2n) is 12.7. The fourth-order valence-corrected chi connectivity index (χ4v) is 7.29. The van der Waals surface area contributed by atoms with Gasteiger partial charge in [0.05, 0.1) is 39.0 Å². The lowest BCUT2D eigenvalue weighted by atomic mass is 9.77. The number of amides is 1. The van der Waals surface area contributed by atoms with Crippen molar-refractivity contribution in [2.45, 2.75) is 50.6 Å². The van der Waals surface area contributed by atoms with E-state index in [1.165, 1.54) is 5.56 Å². The molecule has 6 rings (SSSR count). The fourth-order valence-electron chi connectivity index (χ4n) is 7.29. The first-order valence-electron chi connectivity index (χ1n) is 17.0. The third kappa shape index (κ3) is 7.07. The molecule has 0 aliphatic carbocycles. The van der Waals surface area contributed by atoms with Gasteiger partial charge < -0.3 is 38.6 Å². The summed E-state index contributed by atoms with van der Waals surface area (Å²) in [7, 11) is 4.69. The average Bonchev–Trinajstić information content (AvgIpc) is 3.73. The molecule has 2 aromatic heterocycles. The number of nitrogens with zero attached hydrogens (tertiary/aromatic N) is 5. The lowest BCUT2D eigenvalue weighted by molar-refractivity contribution is 0.0779. The van der Waals surface area contributed by atoms with Crippen LogP contribution in [0.5, 0.6) is 17.2 Å². The average molecular weight is 657 g/mol. The van der Waals surface area contributed by atoms with Gasteiger partial charge in [0.2, 0.25) is 11.7 Å². The largest absolute Gasteiger partial charge is 0.493 e. The Balaban J connectivity index is 1.11. The van der Waals surface area contributed by atoms with Crippen molar-refractivity contribution in [2.24, 2.45) is 0 Å². The van der Waals surface area contributed by atoms with Crippen molar-refractivity contribution < 1.29 is 23.7 Å². The van der Waals surface area contributed by atoms with Crippen LogP contribution in [0, 0.1) is 0 Å². The number of hydrogen-bond donors (Lipinski definition) is 1. The molecule has 1 amide bonds. The van der Waals surface area contributed by atoms with Gasteiger partial charge in [0, 0.05) is 68.7 Å². The minimum absolute atomic E-state index is 0.0376. The summed E-state index contributed by atoms with van der Waals surface area (Å²) in [4.78, 5) is 27.6. The summed E-state index contributed by atoms with van der Waals surface area (Å²) in [5.74, 6) is 2.31. The molecular weight excluding hydrogens is 608 g/mol. The van der Waals surface area contributed by atoms with E-state index in [0.717, 1.165) is 68.8 Å². The maximum atomic E-state index is 13.9. The third-order valence-corrected chi connectivity index (χ3v) is 9.99. The molecule has 11 nitrogen and oxygen atoms in total. The molecule has 2 saturated heterocycles. The van der Waals surface area contributed by atoms with Crippen molar-refractivity contribution in [3.8, 4) is 17.2 Å². The summed E-state index contributed by atoms with van der Waals surface area (Å²) >= 11 is 0. The molecule has 0 radical (unpaired) electrons. The van der Waals surface area contributed by atoms with Crippen LogP contribution in [0.4, 0.5) is 5.95 Å². The number of para-hydroxylation sites is 2. The quantitative estimate of drug-likeness (QED) is 0.183. The normalized spacial score (nSPS) is 18.7. The lowest BCUT2D eigenvalue weighted by Gasteiger charge is -2.36. The van der Waals surface area contributed by atoms with Crippen LogP contribution in [0.3, 0.4) is 0 Å². The molecule has 0 spiro atoms. The van der Waals surface area contributed by atoms with E-state index in [4.69, 9.17) is 23.9 Å². The summed E-state index contributed by atoms with van der Waals surface area (Å²) in [5.41, 5.74) is 3.74. The maximum absolute atomic E-state index is 13.9. The number of benzene rings is 2. The molecule has 2 fully saturated rings. The number of likely N-dealkylation sites (tertiary alicyclic amines) is 2. The topological polar surface area (TPSA) is 103 Å². The molecular formula is C37H48N6O5. The van der Waals surface area contributed by atoms with Gasteiger partial charge in [0.25, 0.3) is 5.91 Å². The van der Waals surface area contributed by atoms with E-state index in [1.807, 2.05) is 30.3 Å². The van der Waals surface area contributed by atoms with Crippen molar-refractivity contribution in [3.05, 3.63) is 72.1 Å². The molecule has 48 heavy (non-hydrogen) atoms. The Kier molecular flexibility index (Phi) is 10.7. The van der Waals surface area contributed by atoms with Gasteiger partial charge in [-0.25, -0.2) is 4.98 Å². The number of nitrogens with one attached hydrogen (secondary N) is 1. The third-order valence-electron chi connectivity index (χ3n) is 9.99. The highest BCUT2D eigenvalue weighted by Gasteiger charge is 2.42. The number of hydrogen-bond acceptors (Lipinski definition) is 9. The standard InChI is InChI=1S/C37H48N6O5/c1-5-48-23-22-43-31-9-7-6-8-30(31)40-36(43)39-29-12-18-41(19-13-29)20-14-37(28-10-16-38-17-11-28)15-21-42(26-37)35(44)27-24-32(45-2)34(47-4)33(25-27)46-3/h6-11,16-17,24-25,29H,5,12-15,18-23,26H2,1-4H3,(H,39,40). The number of ether oxygens (including phenoxy) is 4. The van der Waals surface area contributed by atoms with Gasteiger partial charge in [-0.2, -0.15) is 0 Å². The molecule has 256 valence electrons. The molecule has 2 aliphatic rings. The minimum Gasteiger partial charge on any atom is -0.493 e. The van der Waals surface area contributed by atoms with E-state index in [-0.39, 0.29) is 11.3 Å². The Bertz CT molecular complexity index is 1650. The van der Waals surface area contributed by atoms with Crippen LogP contribution in [0.2, 0.25) is 0 Å². The molecule has 1 atom stereocenters. The number of piperidine rings is 1. The van der Waals surface area contributed by atoms with E-state index >= 15 is 0 Å². The van der Waals surface area contributed by atoms with Crippen LogP contribution in [0.25, 0.3) is 11.0 Å². The zero-order valence-corrected chi connectivity index (χ0v) is 28.6. The number of fused-ring (bicyclic) bond motifs is 1. The molecule has 11 heteroatoms. The maximum Gasteiger partial charge on any atom is 0.254 e. The first-order chi connectivity index (χ1) is 23.5. The molecule has 2 aliphatic heterocycles. The SMILES string of the molecule is CCOCCn1c(NC2CCN(CCC3(c4ccncc4)CCN(C(=O)c4cc(OC)c(OC)c(OC)c4)C3)CC2)nc2ccccc21. The number of anilines is 1. The van der Waals surface area contributed by atoms with Crippen LogP contribution >= 0.6 is 0 Å². The van der Waals surface area contributed by atoms with Crippen molar-refractivity contribution in [3.63, 3.8) is 0 Å². The van der Waals surface area contributed by atoms with E-state index in [0.29, 0.717) is 55.2 Å². The van der Waals surface area contributed by atoms with Gasteiger partial charge in [0.1, 0.15) is 0 Å². The highest BCUT2D eigenvalue weighted by Crippen LogP contribution is 2.41. The number of imidazole rings is 1. The number of methoxy groups -OCH3 is 3. The summed E-state index contributed by atoms with van der Waals surface area (Å²) < 4.78 is 24.4. The predicted octanol–water partition coefficient (Wildman–Crippen LogP) is 5.24. The van der Waals surface area contributed by atoms with Gasteiger partial charge in [-0.3, -0.25) is 9.78 Å². The van der Waals surface area contributed by atoms with Crippen molar-refractivity contribution in [1.82, 2.24) is 24.3 Å². The Morgan fingerprint density at radius 1 is 0.958 bits per heavy atom. The summed E-state index contributed by atoms with van der Waals surface area (Å²) in [5, 5.41) is 3.77. The Hall–Kier alpha value is -4.35. The van der Waals surface area contributed by atoms with E-state index in [2.05, 4.69) is 50.1 Å². The number of carbonyl (C=O) groups excluding carboxylic acids is 1.